The zero-order valence-electron chi connectivity index (χ0n) is 26.4. The summed E-state index contributed by atoms with van der Waals surface area (Å²) in [6.07, 6.45) is 2.13. The summed E-state index contributed by atoms with van der Waals surface area (Å²) in [4.78, 5) is 53.9. The lowest BCUT2D eigenvalue weighted by Gasteiger charge is -2.39. The molecule has 0 saturated carbocycles. The van der Waals surface area contributed by atoms with Gasteiger partial charge in [-0.1, -0.05) is 6.42 Å². The van der Waals surface area contributed by atoms with Crippen molar-refractivity contribution in [1.29, 1.82) is 0 Å². The molecule has 1 heterocycles. The van der Waals surface area contributed by atoms with Crippen LogP contribution in [0.25, 0.3) is 0 Å². The molecule has 0 spiro atoms. The third-order valence-corrected chi connectivity index (χ3v) is 5.87. The fourth-order valence-electron chi connectivity index (χ4n) is 4.56. The van der Waals surface area contributed by atoms with Gasteiger partial charge in [0.15, 0.2) is 0 Å². The molecule has 0 aromatic rings. The maximum absolute atomic E-state index is 12.8. The van der Waals surface area contributed by atoms with E-state index in [0.29, 0.717) is 45.4 Å². The maximum Gasteiger partial charge on any atom is 0.320 e. The monoisotopic (exact) mass is 571 g/mol. The predicted octanol–water partition coefficient (Wildman–Crippen LogP) is 2.69. The Morgan fingerprint density at radius 2 is 1.10 bits per heavy atom. The van der Waals surface area contributed by atoms with Gasteiger partial charge in [0.05, 0.1) is 26.7 Å². The second-order valence-electron chi connectivity index (χ2n) is 13.6. The molecule has 0 aromatic carbocycles. The third-order valence-electron chi connectivity index (χ3n) is 5.87. The van der Waals surface area contributed by atoms with Crippen molar-refractivity contribution in [2.24, 2.45) is 0 Å². The molecule has 1 aliphatic heterocycles. The summed E-state index contributed by atoms with van der Waals surface area (Å²) in [6.45, 7) is 18.3. The Balaban J connectivity index is 3.24. The molecular weight excluding hydrogens is 518 g/mol. The average molecular weight is 572 g/mol. The minimum absolute atomic E-state index is 0.0468. The van der Waals surface area contributed by atoms with Crippen LogP contribution in [0.15, 0.2) is 0 Å². The Morgan fingerprint density at radius 1 is 0.675 bits per heavy atom. The molecule has 0 bridgehead atoms. The third kappa shape index (κ3) is 16.1. The normalized spacial score (nSPS) is 17.1. The Labute approximate surface area is 240 Å². The standard InChI is InChI=1S/C29H53N3O8/c1-26(2,3)38-23(34)17-30-29(14-12-11-13-22(33)37-10)20-31(18-24(35)39-27(4,5)6)15-16-32(21-29)19-25(36)40-28(7,8)9/h30H,11-21H2,1-10H3. The van der Waals surface area contributed by atoms with Gasteiger partial charge in [-0.15, -0.1) is 0 Å². The van der Waals surface area contributed by atoms with Crippen molar-refractivity contribution in [2.75, 3.05) is 52.9 Å². The molecule has 1 N–H and O–H groups in total. The quantitative estimate of drug-likeness (QED) is 0.211. The Bertz CT molecular complexity index is 815. The van der Waals surface area contributed by atoms with Crippen molar-refractivity contribution in [3.05, 3.63) is 0 Å². The van der Waals surface area contributed by atoms with Gasteiger partial charge in [-0.25, -0.2) is 0 Å². The first kappa shape index (κ1) is 35.8. The molecule has 0 atom stereocenters. The summed E-state index contributed by atoms with van der Waals surface area (Å²) in [5.41, 5.74) is -2.56. The number of carbonyl (C=O) groups is 4. The van der Waals surface area contributed by atoms with E-state index in [-0.39, 0.29) is 44.0 Å². The van der Waals surface area contributed by atoms with Crippen LogP contribution in [0.4, 0.5) is 0 Å². The van der Waals surface area contributed by atoms with E-state index in [4.69, 9.17) is 18.9 Å². The van der Waals surface area contributed by atoms with Gasteiger partial charge in [0.2, 0.25) is 0 Å². The fourth-order valence-corrected chi connectivity index (χ4v) is 4.56. The number of hydrogen-bond acceptors (Lipinski definition) is 11. The number of carbonyl (C=O) groups excluding carboxylic acids is 4. The van der Waals surface area contributed by atoms with E-state index in [1.807, 2.05) is 72.1 Å². The topological polar surface area (TPSA) is 124 Å². The largest absolute Gasteiger partial charge is 0.469 e. The highest BCUT2D eigenvalue weighted by Crippen LogP contribution is 2.23. The van der Waals surface area contributed by atoms with Crippen LogP contribution in [0.3, 0.4) is 0 Å². The smallest absolute Gasteiger partial charge is 0.320 e. The fraction of sp³-hybridized carbons (Fsp3) is 0.862. The minimum atomic E-state index is -0.687. The number of methoxy groups -OCH3 is 1. The van der Waals surface area contributed by atoms with Gasteiger partial charge in [0, 0.05) is 38.1 Å². The maximum atomic E-state index is 12.8. The van der Waals surface area contributed by atoms with E-state index >= 15 is 0 Å². The van der Waals surface area contributed by atoms with Gasteiger partial charge < -0.3 is 18.9 Å². The molecule has 11 heteroatoms. The van der Waals surface area contributed by atoms with Crippen LogP contribution in [-0.2, 0) is 38.1 Å². The van der Waals surface area contributed by atoms with Gasteiger partial charge in [-0.2, -0.15) is 0 Å². The van der Waals surface area contributed by atoms with Crippen molar-refractivity contribution < 1.29 is 38.1 Å². The molecule has 0 radical (unpaired) electrons. The predicted molar refractivity (Wildman–Crippen MR) is 152 cm³/mol. The number of unbranched alkanes of at least 4 members (excludes halogenated alkanes) is 1. The van der Waals surface area contributed by atoms with E-state index < -0.39 is 28.3 Å². The van der Waals surface area contributed by atoms with Crippen LogP contribution < -0.4 is 5.32 Å². The Hall–Kier alpha value is -2.24. The van der Waals surface area contributed by atoms with Gasteiger partial charge >= 0.3 is 23.9 Å². The second kappa shape index (κ2) is 15.1. The molecule has 11 nitrogen and oxygen atoms in total. The molecule has 1 rings (SSSR count). The van der Waals surface area contributed by atoms with Gasteiger partial charge in [-0.3, -0.25) is 34.3 Å². The van der Waals surface area contributed by atoms with Crippen LogP contribution in [-0.4, -0.2) is 109 Å². The number of esters is 4. The van der Waals surface area contributed by atoms with E-state index in [1.54, 1.807) is 0 Å². The lowest BCUT2D eigenvalue weighted by molar-refractivity contribution is -0.157. The van der Waals surface area contributed by atoms with Gasteiger partial charge in [0.1, 0.15) is 16.8 Å². The highest BCUT2D eigenvalue weighted by Gasteiger charge is 2.39. The summed E-state index contributed by atoms with van der Waals surface area (Å²) in [5.74, 6) is -1.38. The molecule has 40 heavy (non-hydrogen) atoms. The minimum Gasteiger partial charge on any atom is -0.469 e. The molecule has 0 unspecified atom stereocenters. The van der Waals surface area contributed by atoms with Gasteiger partial charge in [0.25, 0.3) is 0 Å². The highest BCUT2D eigenvalue weighted by molar-refractivity contribution is 5.73. The van der Waals surface area contributed by atoms with Crippen molar-refractivity contribution in [1.82, 2.24) is 15.1 Å². The van der Waals surface area contributed by atoms with Crippen molar-refractivity contribution in [3.8, 4) is 0 Å². The number of rotatable bonds is 12. The van der Waals surface area contributed by atoms with E-state index in [2.05, 4.69) is 5.32 Å². The second-order valence-corrected chi connectivity index (χ2v) is 13.6. The number of nitrogens with one attached hydrogen (secondary N) is 1. The molecule has 0 aliphatic carbocycles. The first-order valence-corrected chi connectivity index (χ1v) is 14.1. The first-order valence-electron chi connectivity index (χ1n) is 14.1. The van der Waals surface area contributed by atoms with Crippen LogP contribution in [0.5, 0.6) is 0 Å². The van der Waals surface area contributed by atoms with Gasteiger partial charge in [-0.05, 0) is 75.2 Å². The molecule has 0 aromatic heterocycles. The Morgan fingerprint density at radius 3 is 1.50 bits per heavy atom. The van der Waals surface area contributed by atoms with Crippen LogP contribution in [0.2, 0.25) is 0 Å². The van der Waals surface area contributed by atoms with Crippen LogP contribution in [0.1, 0.15) is 88.0 Å². The molecule has 232 valence electrons. The SMILES string of the molecule is COC(=O)CCCCC1(NCC(=O)OC(C)(C)C)CN(CC(=O)OC(C)(C)C)CCN(CC(=O)OC(C)(C)C)C1. The lowest BCUT2D eigenvalue weighted by Crippen LogP contribution is -2.59. The highest BCUT2D eigenvalue weighted by atomic mass is 16.6. The van der Waals surface area contributed by atoms with Crippen LogP contribution >= 0.6 is 0 Å². The Kier molecular flexibility index (Phi) is 13.5. The molecule has 1 saturated heterocycles. The lowest BCUT2D eigenvalue weighted by atomic mass is 9.90. The molecule has 1 fully saturated rings. The number of hydrogen-bond donors (Lipinski definition) is 1. The summed E-state index contributed by atoms with van der Waals surface area (Å²) in [7, 11) is 1.36. The van der Waals surface area contributed by atoms with Crippen molar-refractivity contribution in [3.63, 3.8) is 0 Å². The summed E-state index contributed by atoms with van der Waals surface area (Å²) in [5, 5.41) is 3.42. The van der Waals surface area contributed by atoms with Crippen LogP contribution in [0, 0.1) is 0 Å². The first-order chi connectivity index (χ1) is 18.2. The average Bonchev–Trinajstić information content (AvgIpc) is 2.90. The summed E-state index contributed by atoms with van der Waals surface area (Å²) in [6, 6.07) is 0. The number of ether oxygens (including phenoxy) is 4. The summed E-state index contributed by atoms with van der Waals surface area (Å²) < 4.78 is 21.5. The van der Waals surface area contributed by atoms with E-state index in [9.17, 15) is 19.2 Å². The van der Waals surface area contributed by atoms with E-state index in [0.717, 1.165) is 0 Å². The zero-order valence-corrected chi connectivity index (χ0v) is 26.4. The zero-order chi connectivity index (χ0) is 30.8. The molecular formula is C29H53N3O8. The van der Waals surface area contributed by atoms with E-state index in [1.165, 1.54) is 7.11 Å². The molecule has 1 aliphatic rings. The summed E-state index contributed by atoms with van der Waals surface area (Å²) >= 11 is 0. The van der Waals surface area contributed by atoms with Crippen molar-refractivity contribution >= 4 is 23.9 Å². The number of nitrogens with zero attached hydrogens (tertiary/aromatic N) is 2. The molecule has 0 amide bonds. The van der Waals surface area contributed by atoms with Crippen molar-refractivity contribution in [2.45, 2.75) is 110 Å².